The van der Waals surface area contributed by atoms with Crippen LogP contribution >= 0.6 is 0 Å². The first-order chi connectivity index (χ1) is 6.27. The molecule has 13 heavy (non-hydrogen) atoms. The Morgan fingerprint density at radius 2 is 2.23 bits per heavy atom. The third-order valence-electron chi connectivity index (χ3n) is 1.68. The van der Waals surface area contributed by atoms with Crippen LogP contribution < -0.4 is 4.74 Å². The van der Waals surface area contributed by atoms with E-state index in [0.29, 0.717) is 5.88 Å². The first-order valence-electron chi connectivity index (χ1n) is 3.95. The Labute approximate surface area is 77.1 Å². The lowest BCUT2D eigenvalue weighted by atomic mass is 10.2. The highest BCUT2D eigenvalue weighted by Gasteiger charge is 2.06. The molecular formula is C9H13NO3. The van der Waals surface area contributed by atoms with Gasteiger partial charge in [0.15, 0.2) is 0 Å². The summed E-state index contributed by atoms with van der Waals surface area (Å²) in [6.07, 6.45) is 0.950. The molecule has 0 fully saturated rings. The van der Waals surface area contributed by atoms with Crippen molar-refractivity contribution in [1.82, 2.24) is 4.98 Å². The first-order valence-corrected chi connectivity index (χ1v) is 3.95. The zero-order valence-corrected chi connectivity index (χ0v) is 7.73. The quantitative estimate of drug-likeness (QED) is 0.749. The van der Waals surface area contributed by atoms with Gasteiger partial charge in [-0.15, -0.1) is 0 Å². The van der Waals surface area contributed by atoms with Crippen molar-refractivity contribution in [3.8, 4) is 5.88 Å². The summed E-state index contributed by atoms with van der Waals surface area (Å²) in [6.45, 7) is 0.272. The molecule has 1 rings (SSSR count). The lowest BCUT2D eigenvalue weighted by Gasteiger charge is -2.09. The summed E-state index contributed by atoms with van der Waals surface area (Å²) >= 11 is 0. The molecule has 72 valence electrons. The molecule has 0 bridgehead atoms. The van der Waals surface area contributed by atoms with E-state index in [1.807, 2.05) is 0 Å². The van der Waals surface area contributed by atoms with Crippen LogP contribution in [-0.2, 0) is 4.74 Å². The van der Waals surface area contributed by atoms with E-state index in [1.165, 1.54) is 0 Å². The van der Waals surface area contributed by atoms with Gasteiger partial charge < -0.3 is 14.6 Å². The maximum atomic E-state index is 9.48. The Kier molecular flexibility index (Phi) is 3.67. The smallest absolute Gasteiger partial charge is 0.212 e. The second-order valence-electron chi connectivity index (χ2n) is 2.61. The Morgan fingerprint density at radius 3 is 2.69 bits per heavy atom. The van der Waals surface area contributed by atoms with Crippen LogP contribution in [0, 0.1) is 0 Å². The molecule has 0 spiro atoms. The van der Waals surface area contributed by atoms with E-state index in [2.05, 4.69) is 4.98 Å². The van der Waals surface area contributed by atoms with Gasteiger partial charge in [0.2, 0.25) is 5.88 Å². The zero-order chi connectivity index (χ0) is 9.68. The molecule has 1 atom stereocenters. The van der Waals surface area contributed by atoms with E-state index < -0.39 is 6.10 Å². The number of hydrogen-bond acceptors (Lipinski definition) is 4. The minimum atomic E-state index is -0.622. The Bertz CT molecular complexity index is 248. The summed E-state index contributed by atoms with van der Waals surface area (Å²) < 4.78 is 9.69. The standard InChI is InChI=1S/C9H13NO3/c1-12-6-8(11)7-3-4-9(13-2)10-5-7/h3-5,8,11H,6H2,1-2H3. The normalized spacial score (nSPS) is 12.5. The summed E-state index contributed by atoms with van der Waals surface area (Å²) in [7, 11) is 3.09. The maximum absolute atomic E-state index is 9.48. The molecule has 0 aromatic carbocycles. The average Bonchev–Trinajstić information content (AvgIpc) is 2.18. The Balaban J connectivity index is 2.67. The molecule has 1 unspecified atom stereocenters. The van der Waals surface area contributed by atoms with Gasteiger partial charge in [0.25, 0.3) is 0 Å². The Hall–Kier alpha value is -1.13. The second-order valence-corrected chi connectivity index (χ2v) is 2.61. The maximum Gasteiger partial charge on any atom is 0.212 e. The summed E-state index contributed by atoms with van der Waals surface area (Å²) in [4.78, 5) is 3.96. The van der Waals surface area contributed by atoms with Gasteiger partial charge in [0.1, 0.15) is 6.10 Å². The van der Waals surface area contributed by atoms with Gasteiger partial charge in [-0.05, 0) is 6.07 Å². The third kappa shape index (κ3) is 2.68. The molecule has 0 aliphatic carbocycles. The van der Waals surface area contributed by atoms with Crippen molar-refractivity contribution in [1.29, 1.82) is 0 Å². The molecule has 0 amide bonds. The molecule has 0 aliphatic heterocycles. The number of aliphatic hydroxyl groups excluding tert-OH is 1. The molecule has 0 saturated heterocycles. The number of ether oxygens (including phenoxy) is 2. The SMILES string of the molecule is COCC(O)c1ccc(OC)nc1. The second kappa shape index (κ2) is 4.79. The fourth-order valence-electron chi connectivity index (χ4n) is 0.964. The largest absolute Gasteiger partial charge is 0.481 e. The van der Waals surface area contributed by atoms with Gasteiger partial charge in [0, 0.05) is 24.9 Å². The van der Waals surface area contributed by atoms with Crippen LogP contribution in [0.15, 0.2) is 18.3 Å². The number of aromatic nitrogens is 1. The number of pyridine rings is 1. The van der Waals surface area contributed by atoms with Gasteiger partial charge in [-0.1, -0.05) is 0 Å². The molecular weight excluding hydrogens is 170 g/mol. The van der Waals surface area contributed by atoms with Gasteiger partial charge in [-0.25, -0.2) is 4.98 Å². The van der Waals surface area contributed by atoms with Gasteiger partial charge in [-0.2, -0.15) is 0 Å². The van der Waals surface area contributed by atoms with Crippen LogP contribution in [0.5, 0.6) is 5.88 Å². The van der Waals surface area contributed by atoms with Crippen molar-refractivity contribution < 1.29 is 14.6 Å². The first kappa shape index (κ1) is 9.95. The van der Waals surface area contributed by atoms with E-state index in [4.69, 9.17) is 9.47 Å². The van der Waals surface area contributed by atoms with Crippen LogP contribution in [0.3, 0.4) is 0 Å². The number of hydrogen-bond donors (Lipinski definition) is 1. The summed E-state index contributed by atoms with van der Waals surface area (Å²) in [5.74, 6) is 0.536. The number of aliphatic hydroxyl groups is 1. The van der Waals surface area contributed by atoms with E-state index >= 15 is 0 Å². The lowest BCUT2D eigenvalue weighted by molar-refractivity contribution is 0.0641. The van der Waals surface area contributed by atoms with Crippen LogP contribution in [-0.4, -0.2) is 30.9 Å². The molecule has 4 heteroatoms. The topological polar surface area (TPSA) is 51.6 Å². The zero-order valence-electron chi connectivity index (χ0n) is 7.73. The lowest BCUT2D eigenvalue weighted by Crippen LogP contribution is -2.05. The average molecular weight is 183 g/mol. The predicted molar refractivity (Wildman–Crippen MR) is 47.6 cm³/mol. The number of methoxy groups -OCH3 is 2. The van der Waals surface area contributed by atoms with Crippen molar-refractivity contribution in [2.75, 3.05) is 20.8 Å². The molecule has 0 radical (unpaired) electrons. The molecule has 1 heterocycles. The fourth-order valence-corrected chi connectivity index (χ4v) is 0.964. The van der Waals surface area contributed by atoms with E-state index in [9.17, 15) is 5.11 Å². The molecule has 1 aromatic rings. The molecule has 0 aliphatic rings. The van der Waals surface area contributed by atoms with Crippen molar-refractivity contribution in [2.24, 2.45) is 0 Å². The highest BCUT2D eigenvalue weighted by atomic mass is 16.5. The summed E-state index contributed by atoms with van der Waals surface area (Å²) in [6, 6.07) is 3.46. The minimum Gasteiger partial charge on any atom is -0.481 e. The van der Waals surface area contributed by atoms with Gasteiger partial charge in [0.05, 0.1) is 13.7 Å². The van der Waals surface area contributed by atoms with Crippen LogP contribution in [0.25, 0.3) is 0 Å². The van der Waals surface area contributed by atoms with Crippen LogP contribution in [0.1, 0.15) is 11.7 Å². The fraction of sp³-hybridized carbons (Fsp3) is 0.444. The molecule has 1 aromatic heterocycles. The van der Waals surface area contributed by atoms with Crippen molar-refractivity contribution in [2.45, 2.75) is 6.10 Å². The third-order valence-corrected chi connectivity index (χ3v) is 1.68. The summed E-state index contributed by atoms with van der Waals surface area (Å²) in [5.41, 5.74) is 0.725. The molecule has 4 nitrogen and oxygen atoms in total. The molecule has 0 saturated carbocycles. The van der Waals surface area contributed by atoms with E-state index in [-0.39, 0.29) is 6.61 Å². The predicted octanol–water partition coefficient (Wildman–Crippen LogP) is 0.770. The van der Waals surface area contributed by atoms with Crippen LogP contribution in [0.2, 0.25) is 0 Å². The minimum absolute atomic E-state index is 0.272. The highest BCUT2D eigenvalue weighted by Crippen LogP contribution is 2.14. The monoisotopic (exact) mass is 183 g/mol. The number of nitrogens with zero attached hydrogens (tertiary/aromatic N) is 1. The molecule has 1 N–H and O–H groups in total. The Morgan fingerprint density at radius 1 is 1.46 bits per heavy atom. The van der Waals surface area contributed by atoms with Crippen LogP contribution in [0.4, 0.5) is 0 Å². The highest BCUT2D eigenvalue weighted by molar-refractivity contribution is 5.19. The van der Waals surface area contributed by atoms with E-state index in [1.54, 1.807) is 32.5 Å². The van der Waals surface area contributed by atoms with Crippen molar-refractivity contribution in [3.05, 3.63) is 23.9 Å². The van der Waals surface area contributed by atoms with Crippen molar-refractivity contribution >= 4 is 0 Å². The van der Waals surface area contributed by atoms with Gasteiger partial charge >= 0.3 is 0 Å². The summed E-state index contributed by atoms with van der Waals surface area (Å²) in [5, 5.41) is 9.48. The van der Waals surface area contributed by atoms with E-state index in [0.717, 1.165) is 5.56 Å². The van der Waals surface area contributed by atoms with Crippen molar-refractivity contribution in [3.63, 3.8) is 0 Å². The number of rotatable bonds is 4. The van der Waals surface area contributed by atoms with Gasteiger partial charge in [-0.3, -0.25) is 0 Å².